The molecular formula is C23H24Cl2N6O. The van der Waals surface area contributed by atoms with Crippen molar-refractivity contribution in [1.82, 2.24) is 20.2 Å². The van der Waals surface area contributed by atoms with Gasteiger partial charge in [-0.05, 0) is 17.7 Å². The van der Waals surface area contributed by atoms with Crippen molar-refractivity contribution in [2.75, 3.05) is 30.7 Å². The zero-order chi connectivity index (χ0) is 22.5. The second-order valence-corrected chi connectivity index (χ2v) is 8.49. The lowest BCUT2D eigenvalue weighted by atomic mass is 10.1. The molecule has 1 aliphatic rings. The number of anilines is 2. The van der Waals surface area contributed by atoms with Gasteiger partial charge in [0.1, 0.15) is 6.29 Å². The standard InChI is InChI=1S/C23H24Cl2N6O/c24-19-2-1-3-20(25)18(19)10-29-23-22(26)28-11-21(30-23)16-6-4-15(5-7-16)12-31-9-8-27-17(13-31)14-32/h1-7,11,14,17,27H,8-10,12-13H2,(H2,26,28)(H,29,30). The lowest BCUT2D eigenvalue weighted by molar-refractivity contribution is -0.110. The molecule has 0 amide bonds. The summed E-state index contributed by atoms with van der Waals surface area (Å²) in [6.45, 7) is 3.63. The van der Waals surface area contributed by atoms with E-state index in [2.05, 4.69) is 37.6 Å². The molecule has 2 aromatic carbocycles. The molecule has 1 fully saturated rings. The minimum absolute atomic E-state index is 0.0976. The highest BCUT2D eigenvalue weighted by molar-refractivity contribution is 6.36. The zero-order valence-corrected chi connectivity index (χ0v) is 18.9. The van der Waals surface area contributed by atoms with Crippen molar-refractivity contribution in [2.24, 2.45) is 0 Å². The van der Waals surface area contributed by atoms with Crippen molar-refractivity contribution in [1.29, 1.82) is 0 Å². The van der Waals surface area contributed by atoms with E-state index in [9.17, 15) is 4.79 Å². The van der Waals surface area contributed by atoms with E-state index in [0.29, 0.717) is 33.9 Å². The molecule has 0 aliphatic carbocycles. The Balaban J connectivity index is 1.45. The van der Waals surface area contributed by atoms with E-state index < -0.39 is 0 Å². The van der Waals surface area contributed by atoms with Gasteiger partial charge in [-0.1, -0.05) is 53.5 Å². The minimum Gasteiger partial charge on any atom is -0.381 e. The average Bonchev–Trinajstić information content (AvgIpc) is 2.80. The summed E-state index contributed by atoms with van der Waals surface area (Å²) < 4.78 is 0. The van der Waals surface area contributed by atoms with Crippen molar-refractivity contribution in [2.45, 2.75) is 19.1 Å². The zero-order valence-electron chi connectivity index (χ0n) is 17.4. The number of benzene rings is 2. The van der Waals surface area contributed by atoms with E-state index in [1.54, 1.807) is 24.4 Å². The van der Waals surface area contributed by atoms with Crippen LogP contribution >= 0.6 is 23.2 Å². The summed E-state index contributed by atoms with van der Waals surface area (Å²) in [4.78, 5) is 22.2. The highest BCUT2D eigenvalue weighted by Crippen LogP contribution is 2.27. The molecule has 4 N–H and O–H groups in total. The van der Waals surface area contributed by atoms with Crippen LogP contribution in [-0.4, -0.2) is 46.8 Å². The summed E-state index contributed by atoms with van der Waals surface area (Å²) in [5, 5.41) is 7.54. The lowest BCUT2D eigenvalue weighted by Gasteiger charge is -2.31. The van der Waals surface area contributed by atoms with Crippen LogP contribution in [0, 0.1) is 0 Å². The van der Waals surface area contributed by atoms with E-state index in [1.165, 1.54) is 5.56 Å². The first-order chi connectivity index (χ1) is 15.5. The molecule has 4 rings (SSSR count). The van der Waals surface area contributed by atoms with Crippen LogP contribution in [0.25, 0.3) is 11.3 Å². The van der Waals surface area contributed by atoms with E-state index in [4.69, 9.17) is 28.9 Å². The maximum Gasteiger partial charge on any atom is 0.169 e. The van der Waals surface area contributed by atoms with Gasteiger partial charge < -0.3 is 21.2 Å². The van der Waals surface area contributed by atoms with Gasteiger partial charge in [-0.25, -0.2) is 9.97 Å². The number of hydrogen-bond acceptors (Lipinski definition) is 7. The summed E-state index contributed by atoms with van der Waals surface area (Å²) in [5.41, 5.74) is 9.62. The van der Waals surface area contributed by atoms with Crippen LogP contribution in [0.1, 0.15) is 11.1 Å². The molecule has 0 saturated carbocycles. The van der Waals surface area contributed by atoms with Crippen LogP contribution in [-0.2, 0) is 17.9 Å². The lowest BCUT2D eigenvalue weighted by Crippen LogP contribution is -2.50. The third kappa shape index (κ3) is 5.37. The first-order valence-electron chi connectivity index (χ1n) is 10.3. The molecule has 7 nitrogen and oxygen atoms in total. The van der Waals surface area contributed by atoms with Gasteiger partial charge in [-0.15, -0.1) is 0 Å². The largest absolute Gasteiger partial charge is 0.381 e. The number of carbonyl (C=O) groups is 1. The van der Waals surface area contributed by atoms with Gasteiger partial charge in [-0.2, -0.15) is 0 Å². The van der Waals surface area contributed by atoms with Crippen molar-refractivity contribution in [3.05, 3.63) is 69.8 Å². The Morgan fingerprint density at radius 1 is 1.19 bits per heavy atom. The third-order valence-corrected chi connectivity index (χ3v) is 6.11. The van der Waals surface area contributed by atoms with Crippen LogP contribution in [0.15, 0.2) is 48.7 Å². The predicted octanol–water partition coefficient (Wildman–Crippen LogP) is 3.62. The Kier molecular flexibility index (Phi) is 7.22. The number of rotatable bonds is 7. The molecule has 9 heteroatoms. The Hall–Kier alpha value is -2.71. The molecule has 32 heavy (non-hydrogen) atoms. The topological polar surface area (TPSA) is 96.2 Å². The van der Waals surface area contributed by atoms with Gasteiger partial charge in [-0.3, -0.25) is 4.90 Å². The number of aldehydes is 1. The number of piperazine rings is 1. The summed E-state index contributed by atoms with van der Waals surface area (Å²) in [6, 6.07) is 13.5. The molecule has 1 unspecified atom stereocenters. The number of halogens is 2. The fourth-order valence-corrected chi connectivity index (χ4v) is 4.19. The SMILES string of the molecule is Nc1ncc(-c2ccc(CN3CCNC(C=O)C3)cc2)nc1NCc1c(Cl)cccc1Cl. The van der Waals surface area contributed by atoms with Crippen molar-refractivity contribution >= 4 is 41.1 Å². The normalized spacial score (nSPS) is 16.6. The first kappa shape index (κ1) is 22.5. The number of hydrogen-bond donors (Lipinski definition) is 3. The van der Waals surface area contributed by atoms with Crippen LogP contribution in [0.3, 0.4) is 0 Å². The van der Waals surface area contributed by atoms with Gasteiger partial charge in [0.2, 0.25) is 0 Å². The minimum atomic E-state index is -0.0976. The Morgan fingerprint density at radius 2 is 1.94 bits per heavy atom. The van der Waals surface area contributed by atoms with E-state index in [-0.39, 0.29) is 6.04 Å². The molecule has 1 saturated heterocycles. The number of aromatic nitrogens is 2. The molecular weight excluding hydrogens is 447 g/mol. The fraction of sp³-hybridized carbons (Fsp3) is 0.261. The summed E-state index contributed by atoms with van der Waals surface area (Å²) in [7, 11) is 0. The van der Waals surface area contributed by atoms with Crippen LogP contribution in [0.2, 0.25) is 10.0 Å². The highest BCUT2D eigenvalue weighted by atomic mass is 35.5. The monoisotopic (exact) mass is 470 g/mol. The van der Waals surface area contributed by atoms with E-state index in [0.717, 1.165) is 43.6 Å². The number of nitrogens with two attached hydrogens (primary N) is 1. The number of nitrogen functional groups attached to an aromatic ring is 1. The number of carbonyl (C=O) groups excluding carboxylic acids is 1. The van der Waals surface area contributed by atoms with Crippen molar-refractivity contribution < 1.29 is 4.79 Å². The highest BCUT2D eigenvalue weighted by Gasteiger charge is 2.18. The van der Waals surface area contributed by atoms with Gasteiger partial charge in [0.15, 0.2) is 11.6 Å². The molecule has 0 spiro atoms. The van der Waals surface area contributed by atoms with Gasteiger partial charge in [0.05, 0.1) is 17.9 Å². The average molecular weight is 471 g/mol. The van der Waals surface area contributed by atoms with Crippen LogP contribution in [0.4, 0.5) is 11.6 Å². The smallest absolute Gasteiger partial charge is 0.169 e. The maximum atomic E-state index is 11.0. The fourth-order valence-electron chi connectivity index (χ4n) is 3.66. The molecule has 1 atom stereocenters. The number of nitrogens with zero attached hydrogens (tertiary/aromatic N) is 3. The van der Waals surface area contributed by atoms with Gasteiger partial charge >= 0.3 is 0 Å². The Bertz CT molecular complexity index is 1070. The van der Waals surface area contributed by atoms with Crippen molar-refractivity contribution in [3.63, 3.8) is 0 Å². The molecule has 1 aliphatic heterocycles. The summed E-state index contributed by atoms with van der Waals surface area (Å²) in [6.07, 6.45) is 2.63. The maximum absolute atomic E-state index is 11.0. The second kappa shape index (κ2) is 10.3. The molecule has 1 aromatic heterocycles. The summed E-state index contributed by atoms with van der Waals surface area (Å²) >= 11 is 12.5. The Morgan fingerprint density at radius 3 is 2.66 bits per heavy atom. The van der Waals surface area contributed by atoms with E-state index >= 15 is 0 Å². The molecule has 2 heterocycles. The first-order valence-corrected chi connectivity index (χ1v) is 11.1. The van der Waals surface area contributed by atoms with Crippen molar-refractivity contribution in [3.8, 4) is 11.3 Å². The molecule has 3 aromatic rings. The molecule has 166 valence electrons. The summed E-state index contributed by atoms with van der Waals surface area (Å²) in [5.74, 6) is 0.778. The second-order valence-electron chi connectivity index (χ2n) is 7.67. The van der Waals surface area contributed by atoms with Gasteiger partial charge in [0, 0.05) is 53.9 Å². The third-order valence-electron chi connectivity index (χ3n) is 5.40. The van der Waals surface area contributed by atoms with E-state index in [1.807, 2.05) is 12.1 Å². The van der Waals surface area contributed by atoms with Crippen LogP contribution < -0.4 is 16.4 Å². The molecule has 0 radical (unpaired) electrons. The Labute approximate surface area is 197 Å². The predicted molar refractivity (Wildman–Crippen MR) is 129 cm³/mol. The molecule has 0 bridgehead atoms. The number of nitrogens with one attached hydrogen (secondary N) is 2. The van der Waals surface area contributed by atoms with Gasteiger partial charge in [0.25, 0.3) is 0 Å². The van der Waals surface area contributed by atoms with Crippen LogP contribution in [0.5, 0.6) is 0 Å². The quantitative estimate of drug-likeness (QED) is 0.453.